The number of esters is 3. The molecule has 1 saturated heterocycles. The van der Waals surface area contributed by atoms with Crippen molar-refractivity contribution >= 4 is 23.9 Å². The van der Waals surface area contributed by atoms with Gasteiger partial charge in [-0.3, -0.25) is 14.4 Å². The molecule has 454 valence electrons. The maximum atomic E-state index is 13.2. The number of aliphatic hydroxyl groups is 2. The lowest BCUT2D eigenvalue weighted by molar-refractivity contribution is -0.301. The quantitative estimate of drug-likeness (QED) is 0.0228. The molecule has 0 bridgehead atoms. The monoisotopic (exact) mass is 1110 g/mol. The fourth-order valence-electron chi connectivity index (χ4n) is 9.39. The lowest BCUT2D eigenvalue weighted by Gasteiger charge is -2.40. The molecule has 79 heavy (non-hydrogen) atoms. The van der Waals surface area contributed by atoms with E-state index in [2.05, 4.69) is 93.7 Å². The van der Waals surface area contributed by atoms with E-state index in [1.807, 2.05) is 0 Å². The Bertz CT molecular complexity index is 1650. The van der Waals surface area contributed by atoms with E-state index in [9.17, 15) is 34.5 Å². The molecule has 0 saturated carbocycles. The smallest absolute Gasteiger partial charge is 0.335 e. The Balaban J connectivity index is 2.68. The van der Waals surface area contributed by atoms with Crippen LogP contribution in [-0.4, -0.2) is 89.2 Å². The van der Waals surface area contributed by atoms with Crippen molar-refractivity contribution in [2.24, 2.45) is 0 Å². The van der Waals surface area contributed by atoms with Gasteiger partial charge >= 0.3 is 23.9 Å². The van der Waals surface area contributed by atoms with Crippen LogP contribution >= 0.6 is 0 Å². The number of hydrogen-bond acceptors (Lipinski definition) is 11. The fraction of sp³-hybridized carbons (Fsp3) is 0.761. The molecule has 0 amide bonds. The van der Waals surface area contributed by atoms with Crippen molar-refractivity contribution in [2.75, 3.05) is 13.2 Å². The summed E-state index contributed by atoms with van der Waals surface area (Å²) in [6.07, 6.45) is 57.1. The first kappa shape index (κ1) is 73.2. The Morgan fingerprint density at radius 2 is 0.797 bits per heavy atom. The third-order valence-corrected chi connectivity index (χ3v) is 14.3. The van der Waals surface area contributed by atoms with Gasteiger partial charge in [-0.15, -0.1) is 0 Å². The van der Waals surface area contributed by atoms with Gasteiger partial charge in [-0.25, -0.2) is 4.79 Å². The number of ether oxygens (including phenoxy) is 5. The summed E-state index contributed by atoms with van der Waals surface area (Å²) in [6, 6.07) is 0. The average Bonchev–Trinajstić information content (AvgIpc) is 3.47. The van der Waals surface area contributed by atoms with Crippen molar-refractivity contribution in [3.63, 3.8) is 0 Å². The molecule has 0 radical (unpaired) electrons. The van der Waals surface area contributed by atoms with Crippen molar-refractivity contribution in [1.82, 2.24) is 0 Å². The summed E-state index contributed by atoms with van der Waals surface area (Å²) in [5, 5.41) is 31.6. The van der Waals surface area contributed by atoms with E-state index in [1.54, 1.807) is 0 Å². The minimum Gasteiger partial charge on any atom is -0.479 e. The molecule has 12 nitrogen and oxygen atoms in total. The largest absolute Gasteiger partial charge is 0.479 e. The summed E-state index contributed by atoms with van der Waals surface area (Å²) < 4.78 is 28.5. The highest BCUT2D eigenvalue weighted by atomic mass is 16.7. The van der Waals surface area contributed by atoms with Crippen LogP contribution in [0, 0.1) is 0 Å². The Morgan fingerprint density at radius 3 is 1.24 bits per heavy atom. The number of aliphatic hydroxyl groups excluding tert-OH is 2. The summed E-state index contributed by atoms with van der Waals surface area (Å²) in [6.45, 7) is 5.86. The highest BCUT2D eigenvalue weighted by molar-refractivity contribution is 5.74. The van der Waals surface area contributed by atoms with Crippen LogP contribution in [0.3, 0.4) is 0 Å². The average molecular weight is 1110 g/mol. The van der Waals surface area contributed by atoms with Gasteiger partial charge in [0.05, 0.1) is 6.61 Å². The zero-order valence-corrected chi connectivity index (χ0v) is 50.1. The predicted molar refractivity (Wildman–Crippen MR) is 322 cm³/mol. The van der Waals surface area contributed by atoms with E-state index in [1.165, 1.54) is 89.9 Å². The molecule has 1 heterocycles. The van der Waals surface area contributed by atoms with Crippen LogP contribution in [0.25, 0.3) is 0 Å². The Kier molecular flexibility index (Phi) is 50.7. The van der Waals surface area contributed by atoms with E-state index in [-0.39, 0.29) is 25.9 Å². The number of rotatable bonds is 54. The van der Waals surface area contributed by atoms with E-state index in [0.717, 1.165) is 128 Å². The number of hydrogen-bond donors (Lipinski definition) is 3. The summed E-state index contributed by atoms with van der Waals surface area (Å²) in [5.74, 6) is -3.15. The van der Waals surface area contributed by atoms with Crippen LogP contribution in [0.4, 0.5) is 0 Å². The molecule has 0 aliphatic carbocycles. The summed E-state index contributed by atoms with van der Waals surface area (Å²) in [4.78, 5) is 51.3. The molecule has 1 aliphatic rings. The second-order valence-electron chi connectivity index (χ2n) is 21.7. The molecule has 6 unspecified atom stereocenters. The first-order chi connectivity index (χ1) is 38.6. The zero-order chi connectivity index (χ0) is 57.5. The minimum atomic E-state index is -1.91. The maximum absolute atomic E-state index is 13.2. The molecule has 1 rings (SSSR count). The summed E-state index contributed by atoms with van der Waals surface area (Å²) in [7, 11) is 0. The van der Waals surface area contributed by atoms with Gasteiger partial charge in [0.25, 0.3) is 0 Å². The standard InChI is InChI=1S/C67H114O12/c1-4-7-10-13-16-19-22-25-28-30-33-35-38-41-44-47-50-53-59(68)75-56-58(77-60(69)54-51-48-45-42-39-36-32-27-24-21-18-15-12-9-6-3)57-76-67-65(63(72)62(71)64(79-67)66(73)74)78-61(70)55-52-49-46-43-40-37-34-31-29-26-23-20-17-14-11-8-5-2/h7,10,16-17,19-20,25-26,28-29,33,35,58,62-65,67,71-72H,4-6,8-9,11-15,18,21-24,27,30-32,34,36-57H2,1-3H3,(H,73,74)/b10-7-,19-16-,20-17-,28-25-,29-26-,35-33-. The summed E-state index contributed by atoms with van der Waals surface area (Å²) >= 11 is 0. The number of carboxylic acid groups (broad SMARTS) is 1. The normalized spacial score (nSPS) is 18.3. The van der Waals surface area contributed by atoms with E-state index in [0.29, 0.717) is 19.3 Å². The first-order valence-corrected chi connectivity index (χ1v) is 31.9. The van der Waals surface area contributed by atoms with Gasteiger partial charge in [0.2, 0.25) is 0 Å². The number of carbonyl (C=O) groups excluding carboxylic acids is 3. The Labute approximate surface area is 480 Å². The Hall–Kier alpha value is -3.84. The molecule has 12 heteroatoms. The molecule has 0 aromatic carbocycles. The van der Waals surface area contributed by atoms with Crippen molar-refractivity contribution in [3.05, 3.63) is 72.9 Å². The third-order valence-electron chi connectivity index (χ3n) is 14.3. The number of carboxylic acids is 1. The molecule has 6 atom stereocenters. The molecular formula is C67H114O12. The van der Waals surface area contributed by atoms with Crippen molar-refractivity contribution < 1.29 is 58.2 Å². The lowest BCUT2D eigenvalue weighted by Crippen LogP contribution is -2.61. The second-order valence-corrected chi connectivity index (χ2v) is 21.7. The van der Waals surface area contributed by atoms with Gasteiger partial charge in [-0.05, 0) is 89.9 Å². The van der Waals surface area contributed by atoms with E-state index >= 15 is 0 Å². The Morgan fingerprint density at radius 1 is 0.430 bits per heavy atom. The summed E-state index contributed by atoms with van der Waals surface area (Å²) in [5.41, 5.74) is 0. The molecule has 3 N–H and O–H groups in total. The van der Waals surface area contributed by atoms with Crippen LogP contribution in [0.2, 0.25) is 0 Å². The highest BCUT2D eigenvalue weighted by Gasteiger charge is 2.50. The maximum Gasteiger partial charge on any atom is 0.335 e. The third kappa shape index (κ3) is 44.5. The molecule has 1 fully saturated rings. The van der Waals surface area contributed by atoms with E-state index < -0.39 is 67.3 Å². The molecule has 1 aliphatic heterocycles. The molecule has 0 aromatic heterocycles. The number of carbonyl (C=O) groups is 4. The fourth-order valence-corrected chi connectivity index (χ4v) is 9.39. The van der Waals surface area contributed by atoms with Crippen LogP contribution in [0.1, 0.15) is 278 Å². The van der Waals surface area contributed by atoms with Gasteiger partial charge in [0, 0.05) is 19.3 Å². The topological polar surface area (TPSA) is 175 Å². The SMILES string of the molecule is CC/C=C\C/C=C\C/C=C\C/C=C\CCCCCCC(=O)OCC(COC1OC(C(=O)O)C(O)C(O)C1OC(=O)CCCCCCCCC/C=C\C/C=C\CCCCC)OC(=O)CCCCCCCCCCCCCCCCC. The minimum absolute atomic E-state index is 0.0486. The van der Waals surface area contributed by atoms with Crippen molar-refractivity contribution in [2.45, 2.75) is 314 Å². The van der Waals surface area contributed by atoms with Gasteiger partial charge in [-0.2, -0.15) is 0 Å². The predicted octanol–water partition coefficient (Wildman–Crippen LogP) is 16.9. The van der Waals surface area contributed by atoms with Crippen LogP contribution in [0.15, 0.2) is 72.9 Å². The van der Waals surface area contributed by atoms with Gasteiger partial charge < -0.3 is 39.0 Å². The molecule has 0 spiro atoms. The molecule has 0 aromatic rings. The van der Waals surface area contributed by atoms with Crippen LogP contribution in [0.5, 0.6) is 0 Å². The van der Waals surface area contributed by atoms with Crippen molar-refractivity contribution in [1.29, 1.82) is 0 Å². The highest BCUT2D eigenvalue weighted by Crippen LogP contribution is 2.27. The second kappa shape index (κ2) is 54.7. The zero-order valence-electron chi connectivity index (χ0n) is 50.1. The van der Waals surface area contributed by atoms with E-state index in [4.69, 9.17) is 23.7 Å². The number of aliphatic carboxylic acids is 1. The first-order valence-electron chi connectivity index (χ1n) is 31.9. The van der Waals surface area contributed by atoms with Crippen LogP contribution < -0.4 is 0 Å². The lowest BCUT2D eigenvalue weighted by atomic mass is 9.98. The van der Waals surface area contributed by atoms with Gasteiger partial charge in [0.1, 0.15) is 18.8 Å². The molecular weight excluding hydrogens is 997 g/mol. The van der Waals surface area contributed by atoms with Crippen molar-refractivity contribution in [3.8, 4) is 0 Å². The number of unbranched alkanes of at least 4 members (excludes halogenated alkanes) is 28. The number of allylic oxidation sites excluding steroid dienone is 12. The van der Waals surface area contributed by atoms with Gasteiger partial charge in [0.15, 0.2) is 24.6 Å². The van der Waals surface area contributed by atoms with Gasteiger partial charge in [-0.1, -0.05) is 241 Å². The van der Waals surface area contributed by atoms with Crippen LogP contribution in [-0.2, 0) is 42.9 Å².